The Morgan fingerprint density at radius 1 is 1.08 bits per heavy atom. The fourth-order valence-corrected chi connectivity index (χ4v) is 3.51. The van der Waals surface area contributed by atoms with Gasteiger partial charge in [-0.1, -0.05) is 18.2 Å². The van der Waals surface area contributed by atoms with Crippen LogP contribution in [0.3, 0.4) is 0 Å². The van der Waals surface area contributed by atoms with Crippen molar-refractivity contribution in [1.82, 2.24) is 15.1 Å². The number of amides is 1. The average molecular weight is 416 g/mol. The molecule has 0 unspecified atom stereocenters. The Morgan fingerprint density at radius 3 is 2.54 bits per heavy atom. The minimum atomic E-state index is -0.0571. The zero-order valence-corrected chi connectivity index (χ0v) is 15.7. The maximum Gasteiger partial charge on any atom is 0.289 e. The lowest BCUT2D eigenvalue weighted by Gasteiger charge is -2.30. The second kappa shape index (κ2) is 7.45. The van der Waals surface area contributed by atoms with E-state index in [1.807, 2.05) is 35.2 Å². The molecule has 7 heteroatoms. The Bertz CT molecular complexity index is 882. The molecule has 0 bridgehead atoms. The quantitative estimate of drug-likeness (QED) is 0.638. The van der Waals surface area contributed by atoms with E-state index in [0.717, 1.165) is 24.8 Å². The number of carbonyl (C=O) groups is 1. The van der Waals surface area contributed by atoms with Crippen LogP contribution in [0.4, 0.5) is 0 Å². The topological polar surface area (TPSA) is 72.4 Å². The molecule has 1 saturated heterocycles. The lowest BCUT2D eigenvalue weighted by atomic mass is 9.93. The molecule has 0 spiro atoms. The summed E-state index contributed by atoms with van der Waals surface area (Å²) in [6.45, 7) is 1.42. The van der Waals surface area contributed by atoms with Crippen molar-refractivity contribution in [2.24, 2.45) is 5.92 Å². The second-order valence-electron chi connectivity index (χ2n) is 6.41. The van der Waals surface area contributed by atoms with Gasteiger partial charge >= 0.3 is 0 Å². The molecule has 0 atom stereocenters. The van der Waals surface area contributed by atoms with E-state index in [0.29, 0.717) is 41.2 Å². The third-order valence-corrected chi connectivity index (χ3v) is 5.06. The van der Waals surface area contributed by atoms with Crippen molar-refractivity contribution in [2.75, 3.05) is 13.1 Å². The highest BCUT2D eigenvalue weighted by atomic mass is 79.9. The molecule has 0 radical (unpaired) electrons. The van der Waals surface area contributed by atoms with Crippen LogP contribution in [0.15, 0.2) is 56.0 Å². The summed E-state index contributed by atoms with van der Waals surface area (Å²) in [5.74, 6) is 1.96. The Morgan fingerprint density at radius 2 is 1.85 bits per heavy atom. The summed E-state index contributed by atoms with van der Waals surface area (Å²) in [4.78, 5) is 14.2. The number of hydrogen-bond acceptors (Lipinski definition) is 5. The molecule has 3 aromatic rings. The van der Waals surface area contributed by atoms with Gasteiger partial charge in [-0.15, -0.1) is 10.2 Å². The predicted molar refractivity (Wildman–Crippen MR) is 98.5 cm³/mol. The first-order valence-electron chi connectivity index (χ1n) is 8.61. The average Bonchev–Trinajstić information content (AvgIpc) is 3.32. The predicted octanol–water partition coefficient (Wildman–Crippen LogP) is 4.19. The molecule has 1 aromatic carbocycles. The SMILES string of the molecule is O=C(c1ccc(Br)o1)N1CCC(Cc2nnc(-c3ccccc3)o2)CC1. The van der Waals surface area contributed by atoms with E-state index >= 15 is 0 Å². The zero-order chi connectivity index (χ0) is 17.9. The molecule has 3 heterocycles. The van der Waals surface area contributed by atoms with Gasteiger partial charge in [-0.3, -0.25) is 4.79 Å². The summed E-state index contributed by atoms with van der Waals surface area (Å²) in [5, 5.41) is 8.31. The maximum atomic E-state index is 12.4. The highest BCUT2D eigenvalue weighted by molar-refractivity contribution is 9.10. The van der Waals surface area contributed by atoms with E-state index in [1.54, 1.807) is 12.1 Å². The van der Waals surface area contributed by atoms with Crippen LogP contribution >= 0.6 is 15.9 Å². The molecule has 0 saturated carbocycles. The van der Waals surface area contributed by atoms with Gasteiger partial charge in [0.05, 0.1) is 0 Å². The Balaban J connectivity index is 1.33. The van der Waals surface area contributed by atoms with Crippen molar-refractivity contribution < 1.29 is 13.6 Å². The molecule has 1 aliphatic heterocycles. The van der Waals surface area contributed by atoms with Crippen LogP contribution in [0, 0.1) is 5.92 Å². The summed E-state index contributed by atoms with van der Waals surface area (Å²) in [6.07, 6.45) is 2.57. The van der Waals surface area contributed by atoms with E-state index in [4.69, 9.17) is 8.83 Å². The van der Waals surface area contributed by atoms with Crippen LogP contribution in [0.25, 0.3) is 11.5 Å². The lowest BCUT2D eigenvalue weighted by molar-refractivity contribution is 0.0655. The van der Waals surface area contributed by atoms with Gasteiger partial charge in [0.1, 0.15) is 0 Å². The van der Waals surface area contributed by atoms with Crippen LogP contribution in [-0.4, -0.2) is 34.1 Å². The van der Waals surface area contributed by atoms with E-state index < -0.39 is 0 Å². The lowest BCUT2D eigenvalue weighted by Crippen LogP contribution is -2.38. The molecule has 4 rings (SSSR count). The molecule has 0 aliphatic carbocycles. The molecule has 2 aromatic heterocycles. The third kappa shape index (κ3) is 3.72. The van der Waals surface area contributed by atoms with Crippen LogP contribution in [-0.2, 0) is 6.42 Å². The van der Waals surface area contributed by atoms with E-state index in [9.17, 15) is 4.79 Å². The van der Waals surface area contributed by atoms with Gasteiger partial charge in [0, 0.05) is 25.1 Å². The first-order chi connectivity index (χ1) is 12.7. The molecule has 26 heavy (non-hydrogen) atoms. The first kappa shape index (κ1) is 17.0. The molecule has 0 N–H and O–H groups in total. The molecule has 1 amide bonds. The van der Waals surface area contributed by atoms with Crippen LogP contribution in [0.2, 0.25) is 0 Å². The molecule has 6 nitrogen and oxygen atoms in total. The molecule has 1 aliphatic rings. The number of rotatable bonds is 4. The summed E-state index contributed by atoms with van der Waals surface area (Å²) < 4.78 is 11.7. The summed E-state index contributed by atoms with van der Waals surface area (Å²) >= 11 is 3.23. The highest BCUT2D eigenvalue weighted by Crippen LogP contribution is 2.25. The smallest absolute Gasteiger partial charge is 0.289 e. The number of piperidine rings is 1. The van der Waals surface area contributed by atoms with Crippen molar-refractivity contribution in [3.8, 4) is 11.5 Å². The van der Waals surface area contributed by atoms with Gasteiger partial charge in [0.25, 0.3) is 5.91 Å². The van der Waals surface area contributed by atoms with Crippen LogP contribution < -0.4 is 0 Å². The molecular formula is C19H18BrN3O3. The molecule has 1 fully saturated rings. The van der Waals surface area contributed by atoms with E-state index in [-0.39, 0.29) is 5.91 Å². The van der Waals surface area contributed by atoms with Gasteiger partial charge in [0.2, 0.25) is 11.8 Å². The number of halogens is 1. The normalized spacial score (nSPS) is 15.3. The Labute approximate surface area is 159 Å². The molecule has 134 valence electrons. The van der Waals surface area contributed by atoms with Crippen molar-refractivity contribution in [3.05, 3.63) is 58.8 Å². The minimum Gasteiger partial charge on any atom is -0.444 e. The number of benzene rings is 1. The first-order valence-corrected chi connectivity index (χ1v) is 9.41. The van der Waals surface area contributed by atoms with Crippen molar-refractivity contribution in [2.45, 2.75) is 19.3 Å². The summed E-state index contributed by atoms with van der Waals surface area (Å²) in [6, 6.07) is 13.2. The monoisotopic (exact) mass is 415 g/mol. The van der Waals surface area contributed by atoms with Crippen LogP contribution in [0.5, 0.6) is 0 Å². The van der Waals surface area contributed by atoms with Crippen molar-refractivity contribution >= 4 is 21.8 Å². The fraction of sp³-hybridized carbons (Fsp3) is 0.316. The third-order valence-electron chi connectivity index (χ3n) is 4.64. The molecular weight excluding hydrogens is 398 g/mol. The number of likely N-dealkylation sites (tertiary alicyclic amines) is 1. The van der Waals surface area contributed by atoms with Gasteiger partial charge < -0.3 is 13.7 Å². The van der Waals surface area contributed by atoms with Crippen molar-refractivity contribution in [1.29, 1.82) is 0 Å². The number of carbonyl (C=O) groups excluding carboxylic acids is 1. The summed E-state index contributed by atoms with van der Waals surface area (Å²) in [7, 11) is 0. The standard InChI is InChI=1S/C19H18BrN3O3/c20-16-7-6-15(25-16)19(24)23-10-8-13(9-11-23)12-17-21-22-18(26-17)14-4-2-1-3-5-14/h1-7,13H,8-12H2. The largest absolute Gasteiger partial charge is 0.444 e. The Kier molecular flexibility index (Phi) is 4.88. The van der Waals surface area contributed by atoms with E-state index in [1.165, 1.54) is 0 Å². The van der Waals surface area contributed by atoms with Crippen molar-refractivity contribution in [3.63, 3.8) is 0 Å². The fourth-order valence-electron chi connectivity index (χ4n) is 3.21. The van der Waals surface area contributed by atoms with Gasteiger partial charge in [-0.25, -0.2) is 0 Å². The Hall–Kier alpha value is -2.41. The minimum absolute atomic E-state index is 0.0571. The van der Waals surface area contributed by atoms with E-state index in [2.05, 4.69) is 26.1 Å². The zero-order valence-electron chi connectivity index (χ0n) is 14.1. The van der Waals surface area contributed by atoms with Gasteiger partial charge in [-0.2, -0.15) is 0 Å². The number of nitrogens with zero attached hydrogens (tertiary/aromatic N) is 3. The van der Waals surface area contributed by atoms with Gasteiger partial charge in [0.15, 0.2) is 10.4 Å². The summed E-state index contributed by atoms with van der Waals surface area (Å²) in [5.41, 5.74) is 0.927. The number of hydrogen-bond donors (Lipinski definition) is 0. The number of furan rings is 1. The number of aromatic nitrogens is 2. The maximum absolute atomic E-state index is 12.4. The highest BCUT2D eigenvalue weighted by Gasteiger charge is 2.26. The second-order valence-corrected chi connectivity index (χ2v) is 7.19. The van der Waals surface area contributed by atoms with Crippen LogP contribution in [0.1, 0.15) is 29.3 Å². The van der Waals surface area contributed by atoms with Gasteiger partial charge in [-0.05, 0) is 59.0 Å².